The van der Waals surface area contributed by atoms with Crippen LogP contribution in [0.1, 0.15) is 0 Å². The van der Waals surface area contributed by atoms with E-state index in [0.717, 1.165) is 0 Å². The average molecular weight is 158 g/mol. The standard InChI is InChI=1S/C7H14O2Si/c1-4-6-8-10(3)9-7-5-2/h4-5,10H,1-2,6-7H2,3H3. The molecule has 0 unspecified atom stereocenters. The van der Waals surface area contributed by atoms with Crippen LogP contribution in [0.3, 0.4) is 0 Å². The highest BCUT2D eigenvalue weighted by molar-refractivity contribution is 6.42. The van der Waals surface area contributed by atoms with Crippen LogP contribution >= 0.6 is 0 Å². The SMILES string of the molecule is C=CCO[SiH](C)OCC=C. The first kappa shape index (κ1) is 9.62. The van der Waals surface area contributed by atoms with Gasteiger partial charge in [0.2, 0.25) is 0 Å². The normalized spacial score (nSPS) is 9.80. The molecule has 10 heavy (non-hydrogen) atoms. The smallest absolute Gasteiger partial charge is 0.318 e. The second-order valence-electron chi connectivity index (χ2n) is 1.81. The summed E-state index contributed by atoms with van der Waals surface area (Å²) in [5.41, 5.74) is 0. The van der Waals surface area contributed by atoms with Crippen LogP contribution in [-0.4, -0.2) is 22.5 Å². The molecular formula is C7H14O2Si. The number of hydrogen-bond acceptors (Lipinski definition) is 2. The fourth-order valence-corrected chi connectivity index (χ4v) is 1.37. The maximum absolute atomic E-state index is 5.24. The van der Waals surface area contributed by atoms with E-state index in [1.54, 1.807) is 12.2 Å². The maximum atomic E-state index is 5.24. The van der Waals surface area contributed by atoms with E-state index in [-0.39, 0.29) is 0 Å². The minimum absolute atomic E-state index is 0.588. The molecule has 0 fully saturated rings. The van der Waals surface area contributed by atoms with Crippen molar-refractivity contribution in [3.05, 3.63) is 25.3 Å². The Kier molecular flexibility index (Phi) is 6.47. The van der Waals surface area contributed by atoms with Gasteiger partial charge in [-0.15, -0.1) is 13.2 Å². The quantitative estimate of drug-likeness (QED) is 0.428. The highest BCUT2D eigenvalue weighted by Gasteiger charge is 2.01. The van der Waals surface area contributed by atoms with E-state index in [1.165, 1.54) is 0 Å². The molecule has 0 aliphatic rings. The zero-order valence-electron chi connectivity index (χ0n) is 6.38. The predicted molar refractivity (Wildman–Crippen MR) is 45.3 cm³/mol. The van der Waals surface area contributed by atoms with Gasteiger partial charge < -0.3 is 8.85 Å². The van der Waals surface area contributed by atoms with Crippen LogP contribution in [0.2, 0.25) is 6.55 Å². The summed E-state index contributed by atoms with van der Waals surface area (Å²) in [4.78, 5) is 0. The van der Waals surface area contributed by atoms with Gasteiger partial charge in [-0.2, -0.15) is 0 Å². The molecule has 0 aliphatic heterocycles. The lowest BCUT2D eigenvalue weighted by Crippen LogP contribution is -2.18. The van der Waals surface area contributed by atoms with Gasteiger partial charge in [0, 0.05) is 0 Å². The van der Waals surface area contributed by atoms with Gasteiger partial charge in [0.1, 0.15) is 0 Å². The molecule has 0 amide bonds. The van der Waals surface area contributed by atoms with Crippen LogP contribution in [0.15, 0.2) is 25.3 Å². The molecule has 0 aliphatic carbocycles. The first-order chi connectivity index (χ1) is 4.81. The lowest BCUT2D eigenvalue weighted by atomic mass is 10.7. The van der Waals surface area contributed by atoms with E-state index in [2.05, 4.69) is 13.2 Å². The Hall–Kier alpha value is -0.383. The van der Waals surface area contributed by atoms with Crippen molar-refractivity contribution in [2.75, 3.05) is 13.2 Å². The van der Waals surface area contributed by atoms with E-state index in [1.807, 2.05) is 6.55 Å². The van der Waals surface area contributed by atoms with E-state index in [4.69, 9.17) is 8.85 Å². The first-order valence-corrected chi connectivity index (χ1v) is 5.36. The van der Waals surface area contributed by atoms with Crippen LogP contribution in [0, 0.1) is 0 Å². The third-order valence-electron chi connectivity index (χ3n) is 0.898. The molecule has 0 bridgehead atoms. The molecule has 0 aromatic heterocycles. The van der Waals surface area contributed by atoms with Gasteiger partial charge in [0.05, 0.1) is 13.2 Å². The summed E-state index contributed by atoms with van der Waals surface area (Å²) in [6.45, 7) is 10.2. The summed E-state index contributed by atoms with van der Waals surface area (Å²) in [7, 11) is -1.38. The van der Waals surface area contributed by atoms with Crippen molar-refractivity contribution in [3.8, 4) is 0 Å². The van der Waals surface area contributed by atoms with Gasteiger partial charge in [0.15, 0.2) is 0 Å². The third-order valence-corrected chi connectivity index (χ3v) is 2.22. The van der Waals surface area contributed by atoms with Crippen molar-refractivity contribution in [1.29, 1.82) is 0 Å². The van der Waals surface area contributed by atoms with Crippen molar-refractivity contribution in [2.24, 2.45) is 0 Å². The molecule has 0 aromatic carbocycles. The zero-order valence-corrected chi connectivity index (χ0v) is 7.53. The molecule has 3 heteroatoms. The van der Waals surface area contributed by atoms with Gasteiger partial charge in [0.25, 0.3) is 0 Å². The molecule has 0 atom stereocenters. The maximum Gasteiger partial charge on any atom is 0.318 e. The van der Waals surface area contributed by atoms with Gasteiger partial charge in [-0.05, 0) is 6.55 Å². The monoisotopic (exact) mass is 158 g/mol. The Balaban J connectivity index is 3.15. The van der Waals surface area contributed by atoms with Gasteiger partial charge in [-0.3, -0.25) is 0 Å². The first-order valence-electron chi connectivity index (χ1n) is 3.26. The molecule has 0 N–H and O–H groups in total. The van der Waals surface area contributed by atoms with E-state index in [9.17, 15) is 0 Å². The Morgan fingerprint density at radius 1 is 1.20 bits per heavy atom. The Labute approximate surface area is 64.0 Å². The lowest BCUT2D eigenvalue weighted by Gasteiger charge is -2.08. The van der Waals surface area contributed by atoms with Crippen LogP contribution < -0.4 is 0 Å². The fraction of sp³-hybridized carbons (Fsp3) is 0.429. The molecule has 0 spiro atoms. The van der Waals surface area contributed by atoms with Crippen LogP contribution in [0.25, 0.3) is 0 Å². The van der Waals surface area contributed by atoms with E-state index >= 15 is 0 Å². The molecule has 58 valence electrons. The third kappa shape index (κ3) is 5.75. The van der Waals surface area contributed by atoms with Crippen molar-refractivity contribution >= 4 is 9.28 Å². The zero-order chi connectivity index (χ0) is 7.82. The minimum Gasteiger partial charge on any atom is -0.393 e. The summed E-state index contributed by atoms with van der Waals surface area (Å²) >= 11 is 0. The average Bonchev–Trinajstić information content (AvgIpc) is 1.97. The van der Waals surface area contributed by atoms with E-state index in [0.29, 0.717) is 13.2 Å². The Morgan fingerprint density at radius 3 is 1.90 bits per heavy atom. The van der Waals surface area contributed by atoms with Crippen LogP contribution in [0.5, 0.6) is 0 Å². The largest absolute Gasteiger partial charge is 0.393 e. The summed E-state index contributed by atoms with van der Waals surface area (Å²) < 4.78 is 10.5. The molecule has 0 rings (SSSR count). The molecule has 0 heterocycles. The second kappa shape index (κ2) is 6.73. The van der Waals surface area contributed by atoms with E-state index < -0.39 is 9.28 Å². The number of hydrogen-bond donors (Lipinski definition) is 0. The second-order valence-corrected chi connectivity index (χ2v) is 3.61. The summed E-state index contributed by atoms with van der Waals surface area (Å²) in [5.74, 6) is 0. The van der Waals surface area contributed by atoms with Gasteiger partial charge in [-0.25, -0.2) is 0 Å². The topological polar surface area (TPSA) is 18.5 Å². The molecule has 0 saturated carbocycles. The summed E-state index contributed by atoms with van der Waals surface area (Å²) in [5, 5.41) is 0. The molecule has 0 aromatic rings. The van der Waals surface area contributed by atoms with Gasteiger partial charge in [-0.1, -0.05) is 12.2 Å². The molecule has 0 saturated heterocycles. The molecule has 0 radical (unpaired) electrons. The fourth-order valence-electron chi connectivity index (χ4n) is 0.455. The van der Waals surface area contributed by atoms with Gasteiger partial charge >= 0.3 is 9.28 Å². The number of rotatable bonds is 6. The van der Waals surface area contributed by atoms with Crippen LogP contribution in [-0.2, 0) is 8.85 Å². The van der Waals surface area contributed by atoms with Crippen molar-refractivity contribution in [3.63, 3.8) is 0 Å². The van der Waals surface area contributed by atoms with Crippen molar-refractivity contribution < 1.29 is 8.85 Å². The van der Waals surface area contributed by atoms with Crippen molar-refractivity contribution in [2.45, 2.75) is 6.55 Å². The lowest BCUT2D eigenvalue weighted by molar-refractivity contribution is 0.239. The summed E-state index contributed by atoms with van der Waals surface area (Å²) in [6.07, 6.45) is 3.45. The summed E-state index contributed by atoms with van der Waals surface area (Å²) in [6, 6.07) is 0. The van der Waals surface area contributed by atoms with Crippen molar-refractivity contribution in [1.82, 2.24) is 0 Å². The molecular weight excluding hydrogens is 144 g/mol. The Bertz CT molecular complexity index is 91.8. The minimum atomic E-state index is -1.38. The highest BCUT2D eigenvalue weighted by atomic mass is 28.3. The predicted octanol–water partition coefficient (Wildman–Crippen LogP) is 1.24. The molecule has 2 nitrogen and oxygen atoms in total. The van der Waals surface area contributed by atoms with Crippen LogP contribution in [0.4, 0.5) is 0 Å². The Morgan fingerprint density at radius 2 is 1.60 bits per heavy atom. The highest BCUT2D eigenvalue weighted by Crippen LogP contribution is 1.88.